The standard InChI is InChI=1S/C11H20N2O6/c1-6(2)13(5-8(15)19-4)11(18)12-9(7(3)14)10(16)17/h6-7,9,14H,5H2,1-4H3,(H,12,18)(H,16,17)/t7-,9+/m1/s1. The number of hydrogen-bond acceptors (Lipinski definition) is 5. The van der Waals surface area contributed by atoms with Crippen LogP contribution in [0.5, 0.6) is 0 Å². The third kappa shape index (κ3) is 5.56. The normalized spacial score (nSPS) is 13.6. The molecule has 2 atom stereocenters. The second-order valence-corrected chi connectivity index (χ2v) is 4.30. The number of nitrogens with zero attached hydrogens (tertiary/aromatic N) is 1. The first-order valence-electron chi connectivity index (χ1n) is 5.75. The monoisotopic (exact) mass is 276 g/mol. The molecule has 0 bridgehead atoms. The average molecular weight is 276 g/mol. The molecule has 0 fully saturated rings. The number of aliphatic carboxylic acids is 1. The molecule has 19 heavy (non-hydrogen) atoms. The fourth-order valence-corrected chi connectivity index (χ4v) is 1.30. The lowest BCUT2D eigenvalue weighted by Gasteiger charge is -2.28. The van der Waals surface area contributed by atoms with Crippen molar-refractivity contribution >= 4 is 18.0 Å². The lowest BCUT2D eigenvalue weighted by atomic mass is 10.2. The molecule has 0 unspecified atom stereocenters. The molecular weight excluding hydrogens is 256 g/mol. The van der Waals surface area contributed by atoms with Gasteiger partial charge in [0.05, 0.1) is 13.2 Å². The predicted octanol–water partition coefficient (Wildman–Crippen LogP) is -0.587. The molecule has 0 aromatic heterocycles. The fraction of sp³-hybridized carbons (Fsp3) is 0.727. The number of hydrogen-bond donors (Lipinski definition) is 3. The van der Waals surface area contributed by atoms with Crippen LogP contribution in [0.2, 0.25) is 0 Å². The summed E-state index contributed by atoms with van der Waals surface area (Å²) >= 11 is 0. The number of esters is 1. The molecule has 0 aliphatic heterocycles. The molecule has 0 saturated carbocycles. The van der Waals surface area contributed by atoms with Crippen LogP contribution in [-0.2, 0) is 14.3 Å². The van der Waals surface area contributed by atoms with Crippen molar-refractivity contribution in [2.45, 2.75) is 39.0 Å². The Labute approximate surface area is 111 Å². The molecule has 8 heteroatoms. The molecule has 0 aromatic rings. The van der Waals surface area contributed by atoms with Gasteiger partial charge in [-0.1, -0.05) is 0 Å². The number of methoxy groups -OCH3 is 1. The Morgan fingerprint density at radius 1 is 1.26 bits per heavy atom. The number of carboxylic acid groups (broad SMARTS) is 1. The third-order valence-electron chi connectivity index (χ3n) is 2.44. The molecule has 8 nitrogen and oxygen atoms in total. The van der Waals surface area contributed by atoms with E-state index < -0.39 is 30.1 Å². The number of carbonyl (C=O) groups excluding carboxylic acids is 2. The maximum absolute atomic E-state index is 11.9. The Balaban J connectivity index is 4.81. The Kier molecular flexibility index (Phi) is 6.84. The molecule has 110 valence electrons. The van der Waals surface area contributed by atoms with E-state index in [0.717, 1.165) is 4.90 Å². The Morgan fingerprint density at radius 2 is 1.79 bits per heavy atom. The van der Waals surface area contributed by atoms with Crippen molar-refractivity contribution in [2.75, 3.05) is 13.7 Å². The third-order valence-corrected chi connectivity index (χ3v) is 2.44. The van der Waals surface area contributed by atoms with Crippen LogP contribution in [-0.4, -0.2) is 64.9 Å². The fourth-order valence-electron chi connectivity index (χ4n) is 1.30. The van der Waals surface area contributed by atoms with Gasteiger partial charge in [-0.3, -0.25) is 4.79 Å². The highest BCUT2D eigenvalue weighted by atomic mass is 16.5. The van der Waals surface area contributed by atoms with Crippen molar-refractivity contribution in [3.63, 3.8) is 0 Å². The number of rotatable bonds is 6. The number of amides is 2. The van der Waals surface area contributed by atoms with Crippen molar-refractivity contribution in [3.8, 4) is 0 Å². The second-order valence-electron chi connectivity index (χ2n) is 4.30. The van der Waals surface area contributed by atoms with Gasteiger partial charge in [0.25, 0.3) is 0 Å². The Hall–Kier alpha value is -1.83. The molecule has 0 rings (SSSR count). The van der Waals surface area contributed by atoms with Gasteiger partial charge in [0.2, 0.25) is 0 Å². The zero-order valence-electron chi connectivity index (χ0n) is 11.4. The van der Waals surface area contributed by atoms with Crippen molar-refractivity contribution in [2.24, 2.45) is 0 Å². The smallest absolute Gasteiger partial charge is 0.328 e. The van der Waals surface area contributed by atoms with E-state index in [2.05, 4.69) is 10.1 Å². The Bertz CT molecular complexity index is 342. The molecular formula is C11H20N2O6. The number of aliphatic hydroxyl groups is 1. The minimum absolute atomic E-state index is 0.299. The summed E-state index contributed by atoms with van der Waals surface area (Å²) in [5, 5.41) is 20.3. The summed E-state index contributed by atoms with van der Waals surface area (Å²) in [4.78, 5) is 35.0. The molecule has 0 heterocycles. The van der Waals surface area contributed by atoms with Crippen LogP contribution in [0.15, 0.2) is 0 Å². The number of aliphatic hydroxyl groups excluding tert-OH is 1. The molecule has 3 N–H and O–H groups in total. The first-order valence-corrected chi connectivity index (χ1v) is 5.75. The predicted molar refractivity (Wildman–Crippen MR) is 65.5 cm³/mol. The van der Waals surface area contributed by atoms with Crippen LogP contribution in [0.1, 0.15) is 20.8 Å². The number of urea groups is 1. The minimum Gasteiger partial charge on any atom is -0.480 e. The summed E-state index contributed by atoms with van der Waals surface area (Å²) in [6.07, 6.45) is -1.26. The van der Waals surface area contributed by atoms with Gasteiger partial charge in [0, 0.05) is 6.04 Å². The van der Waals surface area contributed by atoms with E-state index in [1.165, 1.54) is 14.0 Å². The van der Waals surface area contributed by atoms with Crippen LogP contribution in [0, 0.1) is 0 Å². The summed E-state index contributed by atoms with van der Waals surface area (Å²) in [7, 11) is 1.19. The molecule has 0 aliphatic carbocycles. The first kappa shape index (κ1) is 17.2. The topological polar surface area (TPSA) is 116 Å². The maximum atomic E-state index is 11.9. The van der Waals surface area contributed by atoms with Crippen LogP contribution in [0.4, 0.5) is 4.79 Å². The van der Waals surface area contributed by atoms with Gasteiger partial charge in [0.1, 0.15) is 6.54 Å². The van der Waals surface area contributed by atoms with Gasteiger partial charge in [-0.25, -0.2) is 9.59 Å². The van der Waals surface area contributed by atoms with E-state index >= 15 is 0 Å². The van der Waals surface area contributed by atoms with Gasteiger partial charge in [-0.15, -0.1) is 0 Å². The summed E-state index contributed by atoms with van der Waals surface area (Å²) in [5.74, 6) is -1.97. The molecule has 0 spiro atoms. The van der Waals surface area contributed by atoms with Crippen molar-refractivity contribution < 1.29 is 29.3 Å². The minimum atomic E-state index is -1.44. The van der Waals surface area contributed by atoms with E-state index in [4.69, 9.17) is 5.11 Å². The largest absolute Gasteiger partial charge is 0.480 e. The summed E-state index contributed by atoms with van der Waals surface area (Å²) in [5.41, 5.74) is 0. The van der Waals surface area contributed by atoms with Crippen LogP contribution < -0.4 is 5.32 Å². The highest BCUT2D eigenvalue weighted by Gasteiger charge is 2.29. The molecule has 2 amide bonds. The van der Waals surface area contributed by atoms with E-state index in [0.29, 0.717) is 0 Å². The zero-order valence-corrected chi connectivity index (χ0v) is 11.4. The summed E-state index contributed by atoms with van der Waals surface area (Å²) in [6.45, 7) is 4.28. The average Bonchev–Trinajstić information content (AvgIpc) is 2.30. The highest BCUT2D eigenvalue weighted by molar-refractivity contribution is 5.85. The van der Waals surface area contributed by atoms with E-state index in [1.807, 2.05) is 0 Å². The van der Waals surface area contributed by atoms with Crippen molar-refractivity contribution in [1.82, 2.24) is 10.2 Å². The van der Waals surface area contributed by atoms with Gasteiger partial charge in [0.15, 0.2) is 6.04 Å². The van der Waals surface area contributed by atoms with Crippen LogP contribution >= 0.6 is 0 Å². The molecule has 0 aliphatic rings. The van der Waals surface area contributed by atoms with E-state index in [-0.39, 0.29) is 12.6 Å². The van der Waals surface area contributed by atoms with Gasteiger partial charge < -0.3 is 25.2 Å². The lowest BCUT2D eigenvalue weighted by Crippen LogP contribution is -2.54. The van der Waals surface area contributed by atoms with E-state index in [9.17, 15) is 19.5 Å². The van der Waals surface area contributed by atoms with Gasteiger partial charge in [-0.05, 0) is 20.8 Å². The number of carboxylic acids is 1. The van der Waals surface area contributed by atoms with E-state index in [1.54, 1.807) is 13.8 Å². The van der Waals surface area contributed by atoms with Crippen molar-refractivity contribution in [3.05, 3.63) is 0 Å². The van der Waals surface area contributed by atoms with Crippen LogP contribution in [0.25, 0.3) is 0 Å². The highest BCUT2D eigenvalue weighted by Crippen LogP contribution is 2.02. The SMILES string of the molecule is COC(=O)CN(C(=O)N[C@H](C(=O)O)[C@@H](C)O)C(C)C. The van der Waals surface area contributed by atoms with Gasteiger partial charge >= 0.3 is 18.0 Å². The van der Waals surface area contributed by atoms with Crippen molar-refractivity contribution in [1.29, 1.82) is 0 Å². The summed E-state index contributed by atoms with van der Waals surface area (Å²) < 4.78 is 4.45. The molecule has 0 saturated heterocycles. The summed E-state index contributed by atoms with van der Waals surface area (Å²) in [6, 6.07) is -2.53. The second kappa shape index (κ2) is 7.57. The van der Waals surface area contributed by atoms with Crippen LogP contribution in [0.3, 0.4) is 0 Å². The quantitative estimate of drug-likeness (QED) is 0.558. The number of ether oxygens (including phenoxy) is 1. The number of carbonyl (C=O) groups is 3. The first-order chi connectivity index (χ1) is 8.70. The zero-order chi connectivity index (χ0) is 15.2. The molecule has 0 aromatic carbocycles. The number of nitrogens with one attached hydrogen (secondary N) is 1. The Morgan fingerprint density at radius 3 is 2.11 bits per heavy atom. The van der Waals surface area contributed by atoms with Gasteiger partial charge in [-0.2, -0.15) is 0 Å². The lowest BCUT2D eigenvalue weighted by molar-refractivity contribution is -0.141. The molecule has 0 radical (unpaired) electrons. The maximum Gasteiger partial charge on any atom is 0.328 e.